The van der Waals surface area contributed by atoms with Gasteiger partial charge in [-0.15, -0.1) is 0 Å². The van der Waals surface area contributed by atoms with Crippen LogP contribution in [0.4, 0.5) is 4.79 Å². The average Bonchev–Trinajstić information content (AvgIpc) is 3.25. The summed E-state index contributed by atoms with van der Waals surface area (Å²) in [5.74, 6) is -2.94. The van der Waals surface area contributed by atoms with Crippen LogP contribution in [-0.2, 0) is 23.7 Å². The van der Waals surface area contributed by atoms with Gasteiger partial charge in [-0.1, -0.05) is 92.0 Å². The Kier molecular flexibility index (Phi) is 27.1. The Hall–Kier alpha value is -3.60. The average molecular weight is 924 g/mol. The van der Waals surface area contributed by atoms with Gasteiger partial charge in [0.2, 0.25) is 0 Å². The van der Waals surface area contributed by atoms with Crippen molar-refractivity contribution in [2.75, 3.05) is 13.7 Å². The molecule has 0 aromatic carbocycles. The third-order valence-electron chi connectivity index (χ3n) is 11.3. The molecular weight excluding hydrogens is 847 g/mol. The van der Waals surface area contributed by atoms with Gasteiger partial charge < -0.3 is 81.3 Å². The monoisotopic (exact) mass is 924 g/mol. The van der Waals surface area contributed by atoms with E-state index in [0.29, 0.717) is 0 Å². The Balaban J connectivity index is 2.13. The Bertz CT molecular complexity index is 1590. The van der Waals surface area contributed by atoms with Crippen molar-refractivity contribution < 1.29 is 74.5 Å². The number of nitrogens with two attached hydrogens (primary N) is 1. The van der Waals surface area contributed by atoms with Crippen molar-refractivity contribution in [3.05, 3.63) is 85.1 Å². The summed E-state index contributed by atoms with van der Waals surface area (Å²) < 4.78 is 23.4. The van der Waals surface area contributed by atoms with Crippen molar-refractivity contribution in [1.29, 1.82) is 0 Å². The first-order chi connectivity index (χ1) is 30.8. The normalized spacial score (nSPS) is 29.5. The van der Waals surface area contributed by atoms with Crippen LogP contribution in [0, 0.1) is 5.92 Å². The van der Waals surface area contributed by atoms with E-state index in [1.54, 1.807) is 45.1 Å². The van der Waals surface area contributed by atoms with Gasteiger partial charge in [0.1, 0.15) is 12.2 Å². The predicted octanol–water partition coefficient (Wildman–Crippen LogP) is 1.34. The third kappa shape index (κ3) is 22.2. The number of esters is 1. The van der Waals surface area contributed by atoms with E-state index in [-0.39, 0.29) is 70.3 Å². The molecule has 2 rings (SSSR count). The second kappa shape index (κ2) is 30.6. The van der Waals surface area contributed by atoms with Crippen LogP contribution in [0.3, 0.4) is 0 Å². The molecule has 2 fully saturated rings. The highest BCUT2D eigenvalue weighted by atomic mass is 16.7. The fourth-order valence-corrected chi connectivity index (χ4v) is 7.13. The number of hydrogen-bond acceptors (Lipinski definition) is 16. The zero-order chi connectivity index (χ0) is 48.5. The number of hydrogen-bond donors (Lipinski definition) is 12. The van der Waals surface area contributed by atoms with Crippen molar-refractivity contribution in [3.8, 4) is 0 Å². The minimum absolute atomic E-state index is 0.00878. The first-order valence-corrected chi connectivity index (χ1v) is 22.5. The van der Waals surface area contributed by atoms with E-state index < -0.39 is 103 Å². The van der Waals surface area contributed by atoms with Crippen molar-refractivity contribution >= 4 is 12.0 Å². The highest BCUT2D eigenvalue weighted by molar-refractivity contribution is 5.73. The lowest BCUT2D eigenvalue weighted by atomic mass is 9.89. The molecule has 0 aliphatic carbocycles. The Labute approximate surface area is 383 Å². The molecule has 0 aromatic heterocycles. The predicted molar refractivity (Wildman–Crippen MR) is 243 cm³/mol. The van der Waals surface area contributed by atoms with Gasteiger partial charge in [0.25, 0.3) is 0 Å². The molecule has 0 radical (unpaired) electrons. The molecule has 0 spiro atoms. The van der Waals surface area contributed by atoms with Crippen molar-refractivity contribution in [3.63, 3.8) is 0 Å². The summed E-state index contributed by atoms with van der Waals surface area (Å²) in [6, 6.07) is -2.24. The van der Waals surface area contributed by atoms with Gasteiger partial charge in [-0.25, -0.2) is 4.79 Å². The molecule has 18 nitrogen and oxygen atoms in total. The van der Waals surface area contributed by atoms with Crippen LogP contribution >= 0.6 is 0 Å². The van der Waals surface area contributed by atoms with Gasteiger partial charge in [0.15, 0.2) is 12.1 Å². The lowest BCUT2D eigenvalue weighted by Gasteiger charge is -2.44. The molecule has 0 aromatic rings. The molecular formula is C47H77N3O15. The highest BCUT2D eigenvalue weighted by Crippen LogP contribution is 2.35. The maximum absolute atomic E-state index is 12.5. The van der Waals surface area contributed by atoms with Crippen LogP contribution in [0.1, 0.15) is 85.5 Å². The van der Waals surface area contributed by atoms with Gasteiger partial charge in [0, 0.05) is 45.3 Å². The molecule has 2 amide bonds. The summed E-state index contributed by atoms with van der Waals surface area (Å²) in [5, 5.41) is 101. The Morgan fingerprint density at radius 1 is 0.846 bits per heavy atom. The van der Waals surface area contributed by atoms with Gasteiger partial charge in [0.05, 0.1) is 73.4 Å². The number of allylic oxidation sites excluding steroid dienone is 13. The summed E-state index contributed by atoms with van der Waals surface area (Å²) in [5.41, 5.74) is 6.08. The molecule has 2 saturated heterocycles. The molecule has 18 heteroatoms. The van der Waals surface area contributed by atoms with Gasteiger partial charge >= 0.3 is 12.0 Å². The number of ether oxygens (including phenoxy) is 4. The number of aliphatic hydroxyl groups is 9. The second-order valence-electron chi connectivity index (χ2n) is 16.9. The van der Waals surface area contributed by atoms with Gasteiger partial charge in [-0.2, -0.15) is 0 Å². The molecule has 13 unspecified atom stereocenters. The van der Waals surface area contributed by atoms with Gasteiger partial charge in [-0.05, 0) is 46.5 Å². The van der Waals surface area contributed by atoms with Crippen molar-refractivity contribution in [2.45, 2.75) is 177 Å². The van der Waals surface area contributed by atoms with E-state index in [9.17, 15) is 55.5 Å². The maximum Gasteiger partial charge on any atom is 0.314 e. The van der Waals surface area contributed by atoms with E-state index in [1.165, 1.54) is 7.05 Å². The van der Waals surface area contributed by atoms with Crippen LogP contribution < -0.4 is 16.4 Å². The number of rotatable bonds is 27. The summed E-state index contributed by atoms with van der Waals surface area (Å²) in [4.78, 5) is 24.6. The van der Waals surface area contributed by atoms with E-state index in [0.717, 1.165) is 0 Å². The smallest absolute Gasteiger partial charge is 0.314 e. The lowest BCUT2D eigenvalue weighted by Crippen LogP contribution is -2.61. The number of aliphatic hydroxyl groups excluding tert-OH is 8. The SMILES string of the molecule is C/C=C/C=C/C=C/C=C/C=C/C=C/C=C/C(C[C@@H]1OC(O)(CC(O)CC(O)C(O)CCC(O)CC(O)CC(=O)O[C@@H](C)[C@H](C)CO)CCC1NC(=O)NC)OC1OC(C)C(O)C(N)C1O. The quantitative estimate of drug-likeness (QED) is 0.0409. The van der Waals surface area contributed by atoms with Crippen molar-refractivity contribution in [1.82, 2.24) is 10.6 Å². The molecule has 16 atom stereocenters. The third-order valence-corrected chi connectivity index (χ3v) is 11.3. The van der Waals surface area contributed by atoms with Crippen LogP contribution in [0.25, 0.3) is 0 Å². The molecule has 2 heterocycles. The number of carbonyl (C=O) groups is 2. The zero-order valence-corrected chi connectivity index (χ0v) is 38.4. The number of nitrogens with one attached hydrogen (secondary N) is 2. The first kappa shape index (κ1) is 57.5. The first-order valence-electron chi connectivity index (χ1n) is 22.5. The zero-order valence-electron chi connectivity index (χ0n) is 38.4. The molecule has 13 N–H and O–H groups in total. The number of amides is 2. The minimum Gasteiger partial charge on any atom is -0.462 e. The number of urea groups is 1. The van der Waals surface area contributed by atoms with Crippen LogP contribution in [-0.4, -0.2) is 163 Å². The standard InChI is InChI=1S/C47H77N3O15/c1-6-7-8-9-10-11-12-13-14-15-16-17-18-19-36(64-45-44(59)42(48)43(58)32(4)63-45)27-40-37(50-46(60)49-5)22-23-47(61,65-40)28-35(54)25-39(56)38(55)21-20-33(52)24-34(53)26-41(57)62-31(3)30(2)29-51/h6-19,30-40,42-45,51-56,58-59,61H,20-29,48H2,1-5H3,(H2,49,50,60)/b7-6+,9-8+,11-10+,13-12+,15-14+,17-16+,19-18+/t30-,31+,32?,33?,34?,35?,36?,37?,38?,39?,40+,42?,43?,44?,45?,47?/m1/s1. The van der Waals surface area contributed by atoms with Crippen LogP contribution in [0.5, 0.6) is 0 Å². The van der Waals surface area contributed by atoms with E-state index in [4.69, 9.17) is 24.7 Å². The molecule has 0 saturated carbocycles. The molecule has 65 heavy (non-hydrogen) atoms. The van der Waals surface area contributed by atoms with Crippen LogP contribution in [0.2, 0.25) is 0 Å². The minimum atomic E-state index is -1.95. The highest BCUT2D eigenvalue weighted by Gasteiger charge is 2.45. The fraction of sp³-hybridized carbons (Fsp3) is 0.660. The summed E-state index contributed by atoms with van der Waals surface area (Å²) in [7, 11) is 1.44. The van der Waals surface area contributed by atoms with Crippen LogP contribution in [0.15, 0.2) is 85.1 Å². The Morgan fingerprint density at radius 3 is 2.03 bits per heavy atom. The van der Waals surface area contributed by atoms with E-state index >= 15 is 0 Å². The van der Waals surface area contributed by atoms with Gasteiger partial charge in [-0.3, -0.25) is 4.79 Å². The summed E-state index contributed by atoms with van der Waals surface area (Å²) >= 11 is 0. The molecule has 2 aliphatic heterocycles. The second-order valence-corrected chi connectivity index (χ2v) is 16.9. The van der Waals surface area contributed by atoms with E-state index in [2.05, 4.69) is 10.6 Å². The summed E-state index contributed by atoms with van der Waals surface area (Å²) in [6.07, 6.45) is 10.8. The molecule has 370 valence electrons. The summed E-state index contributed by atoms with van der Waals surface area (Å²) in [6.45, 7) is 6.68. The lowest BCUT2D eigenvalue weighted by molar-refractivity contribution is -0.292. The topological polar surface area (TPSA) is 303 Å². The number of carbonyl (C=O) groups excluding carboxylic acids is 2. The molecule has 2 aliphatic rings. The van der Waals surface area contributed by atoms with E-state index in [1.807, 2.05) is 67.7 Å². The molecule has 0 bridgehead atoms. The fourth-order valence-electron chi connectivity index (χ4n) is 7.13. The Morgan fingerprint density at radius 2 is 1.45 bits per heavy atom. The van der Waals surface area contributed by atoms with Crippen molar-refractivity contribution in [2.24, 2.45) is 11.7 Å². The maximum atomic E-state index is 12.5. The largest absolute Gasteiger partial charge is 0.462 e.